The van der Waals surface area contributed by atoms with Crippen molar-refractivity contribution in [1.29, 1.82) is 0 Å². The number of ether oxygens (including phenoxy) is 1. The number of thiazole rings is 1. The van der Waals surface area contributed by atoms with Gasteiger partial charge in [0.1, 0.15) is 5.75 Å². The third-order valence-corrected chi connectivity index (χ3v) is 4.54. The highest BCUT2D eigenvalue weighted by Crippen LogP contribution is 2.33. The van der Waals surface area contributed by atoms with Crippen LogP contribution < -0.4 is 4.74 Å². The molecular weight excluding hydrogens is 368 g/mol. The van der Waals surface area contributed by atoms with E-state index in [1.807, 2.05) is 41.9 Å². The number of carboxylic acids is 1. The maximum absolute atomic E-state index is 10.8. The van der Waals surface area contributed by atoms with Crippen molar-refractivity contribution in [1.82, 2.24) is 9.38 Å². The zero-order valence-corrected chi connectivity index (χ0v) is 14.1. The molecule has 3 rings (SSSR count). The van der Waals surface area contributed by atoms with Gasteiger partial charge in [-0.3, -0.25) is 9.20 Å². The maximum Gasteiger partial charge on any atom is 0.308 e. The van der Waals surface area contributed by atoms with Crippen LogP contribution in [0.25, 0.3) is 16.2 Å². The van der Waals surface area contributed by atoms with Crippen LogP contribution in [-0.4, -0.2) is 27.1 Å². The number of fused-ring (bicyclic) bond motifs is 1. The van der Waals surface area contributed by atoms with Crippen LogP contribution in [0.1, 0.15) is 11.8 Å². The van der Waals surface area contributed by atoms with E-state index in [9.17, 15) is 4.79 Å². The Morgan fingerprint density at radius 1 is 1.45 bits per heavy atom. The number of carbonyl (C=O) groups is 1. The van der Waals surface area contributed by atoms with Crippen LogP contribution in [-0.2, 0) is 11.2 Å². The molecule has 0 saturated heterocycles. The summed E-state index contributed by atoms with van der Waals surface area (Å²) in [6.45, 7) is 2.52. The third kappa shape index (κ3) is 3.00. The van der Waals surface area contributed by atoms with Gasteiger partial charge >= 0.3 is 5.97 Å². The standard InChI is InChI=1S/C15H13BrN2O3S/c1-2-21-13-4-3-9(16)5-11(13)12-8-18-7-10(6-14(19)20)22-15(18)17-12/h3-5,7-8H,2,6H2,1H3,(H,19,20). The Kier molecular flexibility index (Phi) is 4.17. The van der Waals surface area contributed by atoms with E-state index in [0.717, 1.165) is 31.3 Å². The van der Waals surface area contributed by atoms with Crippen molar-refractivity contribution in [2.24, 2.45) is 0 Å². The smallest absolute Gasteiger partial charge is 0.308 e. The minimum atomic E-state index is -0.838. The van der Waals surface area contributed by atoms with E-state index in [4.69, 9.17) is 9.84 Å². The summed E-state index contributed by atoms with van der Waals surface area (Å²) in [6, 6.07) is 5.81. The highest BCUT2D eigenvalue weighted by molar-refractivity contribution is 9.10. The molecule has 2 heterocycles. The van der Waals surface area contributed by atoms with Gasteiger partial charge in [0, 0.05) is 27.3 Å². The van der Waals surface area contributed by atoms with Gasteiger partial charge in [0.2, 0.25) is 0 Å². The molecule has 2 aromatic heterocycles. The predicted molar refractivity (Wildman–Crippen MR) is 88.7 cm³/mol. The van der Waals surface area contributed by atoms with E-state index in [2.05, 4.69) is 20.9 Å². The van der Waals surface area contributed by atoms with Crippen LogP contribution >= 0.6 is 27.3 Å². The highest BCUT2D eigenvalue weighted by Gasteiger charge is 2.14. The molecule has 1 aromatic carbocycles. The molecule has 0 fully saturated rings. The molecule has 0 amide bonds. The second-order valence-electron chi connectivity index (χ2n) is 4.66. The SMILES string of the molecule is CCOc1ccc(Br)cc1-c1cn2cc(CC(=O)O)sc2n1. The number of hydrogen-bond acceptors (Lipinski definition) is 4. The van der Waals surface area contributed by atoms with Crippen LogP contribution in [0.15, 0.2) is 35.1 Å². The minimum absolute atomic E-state index is 0.0183. The summed E-state index contributed by atoms with van der Waals surface area (Å²) < 4.78 is 8.46. The average Bonchev–Trinajstić information content (AvgIpc) is 2.98. The molecular formula is C15H13BrN2O3S. The Balaban J connectivity index is 2.01. The molecule has 0 bridgehead atoms. The largest absolute Gasteiger partial charge is 0.493 e. The molecule has 7 heteroatoms. The molecule has 0 aliphatic heterocycles. The molecule has 5 nitrogen and oxygen atoms in total. The molecule has 0 unspecified atom stereocenters. The lowest BCUT2D eigenvalue weighted by atomic mass is 10.1. The Labute approximate surface area is 139 Å². The van der Waals surface area contributed by atoms with Crippen LogP contribution in [0, 0.1) is 0 Å². The molecule has 114 valence electrons. The summed E-state index contributed by atoms with van der Waals surface area (Å²) in [5.41, 5.74) is 1.71. The van der Waals surface area contributed by atoms with Crippen molar-refractivity contribution in [3.8, 4) is 17.0 Å². The number of halogens is 1. The number of rotatable bonds is 5. The molecule has 0 atom stereocenters. The van der Waals surface area contributed by atoms with Gasteiger partial charge in [-0.25, -0.2) is 4.98 Å². The lowest BCUT2D eigenvalue weighted by molar-refractivity contribution is -0.136. The topological polar surface area (TPSA) is 63.8 Å². The van der Waals surface area contributed by atoms with Crippen molar-refractivity contribution >= 4 is 38.2 Å². The lowest BCUT2D eigenvalue weighted by Crippen LogP contribution is -1.97. The fourth-order valence-electron chi connectivity index (χ4n) is 2.19. The number of benzene rings is 1. The van der Waals surface area contributed by atoms with E-state index < -0.39 is 5.97 Å². The molecule has 0 aliphatic carbocycles. The van der Waals surface area contributed by atoms with Crippen LogP contribution in [0.2, 0.25) is 0 Å². The summed E-state index contributed by atoms with van der Waals surface area (Å²) in [5.74, 6) is -0.0578. The van der Waals surface area contributed by atoms with Gasteiger partial charge in [-0.2, -0.15) is 0 Å². The van der Waals surface area contributed by atoms with E-state index in [1.54, 1.807) is 0 Å². The van der Waals surface area contributed by atoms with E-state index in [-0.39, 0.29) is 6.42 Å². The molecule has 1 N–H and O–H groups in total. The van der Waals surface area contributed by atoms with Gasteiger partial charge in [0.15, 0.2) is 4.96 Å². The number of carboxylic acid groups (broad SMARTS) is 1. The summed E-state index contributed by atoms with van der Waals surface area (Å²) in [5, 5.41) is 8.84. The quantitative estimate of drug-likeness (QED) is 0.729. The Morgan fingerprint density at radius 2 is 2.27 bits per heavy atom. The first-order chi connectivity index (χ1) is 10.6. The van der Waals surface area contributed by atoms with Gasteiger partial charge in [-0.05, 0) is 25.1 Å². The molecule has 0 saturated carbocycles. The first-order valence-electron chi connectivity index (χ1n) is 6.68. The first-order valence-corrected chi connectivity index (χ1v) is 8.29. The van der Waals surface area contributed by atoms with E-state index in [0.29, 0.717) is 6.61 Å². The number of aromatic nitrogens is 2. The van der Waals surface area contributed by atoms with Gasteiger partial charge < -0.3 is 9.84 Å². The summed E-state index contributed by atoms with van der Waals surface area (Å²) >= 11 is 4.85. The fraction of sp³-hybridized carbons (Fsp3) is 0.200. The Morgan fingerprint density at radius 3 is 2.95 bits per heavy atom. The van der Waals surface area contributed by atoms with Gasteiger partial charge in [0.05, 0.1) is 18.7 Å². The van der Waals surface area contributed by atoms with Crippen LogP contribution in [0.5, 0.6) is 5.75 Å². The van der Waals surface area contributed by atoms with E-state index >= 15 is 0 Å². The summed E-state index contributed by atoms with van der Waals surface area (Å²) in [7, 11) is 0. The molecule has 0 radical (unpaired) electrons. The fourth-order valence-corrected chi connectivity index (χ4v) is 3.50. The highest BCUT2D eigenvalue weighted by atomic mass is 79.9. The number of hydrogen-bond donors (Lipinski definition) is 1. The van der Waals surface area contributed by atoms with Gasteiger partial charge in [-0.15, -0.1) is 11.3 Å². The Hall–Kier alpha value is -1.86. The number of nitrogens with zero attached hydrogens (tertiary/aromatic N) is 2. The third-order valence-electron chi connectivity index (χ3n) is 3.05. The van der Waals surface area contributed by atoms with Crippen molar-refractivity contribution in [2.45, 2.75) is 13.3 Å². The summed E-state index contributed by atoms with van der Waals surface area (Å²) in [6.07, 6.45) is 3.72. The average molecular weight is 381 g/mol. The van der Waals surface area contributed by atoms with Crippen LogP contribution in [0.4, 0.5) is 0 Å². The number of aliphatic carboxylic acids is 1. The Bertz CT molecular complexity index is 809. The van der Waals surface area contributed by atoms with Crippen molar-refractivity contribution in [3.63, 3.8) is 0 Å². The second kappa shape index (κ2) is 6.10. The van der Waals surface area contributed by atoms with E-state index in [1.165, 1.54) is 11.3 Å². The zero-order valence-electron chi connectivity index (χ0n) is 11.7. The predicted octanol–water partition coefficient (Wildman–Crippen LogP) is 3.85. The second-order valence-corrected chi connectivity index (χ2v) is 6.67. The molecule has 22 heavy (non-hydrogen) atoms. The lowest BCUT2D eigenvalue weighted by Gasteiger charge is -2.08. The first kappa shape index (κ1) is 15.1. The monoisotopic (exact) mass is 380 g/mol. The summed E-state index contributed by atoms with van der Waals surface area (Å²) in [4.78, 5) is 16.9. The zero-order chi connectivity index (χ0) is 15.7. The normalized spacial score (nSPS) is 11.0. The van der Waals surface area contributed by atoms with Crippen LogP contribution in [0.3, 0.4) is 0 Å². The molecule has 0 spiro atoms. The number of imidazole rings is 1. The van der Waals surface area contributed by atoms with Gasteiger partial charge in [0.25, 0.3) is 0 Å². The van der Waals surface area contributed by atoms with Crippen molar-refractivity contribution in [2.75, 3.05) is 6.61 Å². The molecule has 0 aliphatic rings. The molecule has 3 aromatic rings. The van der Waals surface area contributed by atoms with Gasteiger partial charge in [-0.1, -0.05) is 15.9 Å². The minimum Gasteiger partial charge on any atom is -0.493 e. The maximum atomic E-state index is 10.8. The van der Waals surface area contributed by atoms with Crippen molar-refractivity contribution in [3.05, 3.63) is 39.9 Å². The van der Waals surface area contributed by atoms with Crippen molar-refractivity contribution < 1.29 is 14.6 Å².